The molecule has 0 aliphatic heterocycles. The SMILES string of the molecule is CC(C)S(=O)(=O)CCOc1ccc(I)cc1. The Hall–Kier alpha value is -0.300. The quantitative estimate of drug-likeness (QED) is 0.764. The van der Waals surface area contributed by atoms with Gasteiger partial charge in [0.15, 0.2) is 9.84 Å². The smallest absolute Gasteiger partial charge is 0.155 e. The first-order valence-electron chi connectivity index (χ1n) is 5.02. The Balaban J connectivity index is 2.45. The maximum Gasteiger partial charge on any atom is 0.155 e. The average molecular weight is 354 g/mol. The summed E-state index contributed by atoms with van der Waals surface area (Å²) in [6.45, 7) is 3.57. The van der Waals surface area contributed by atoms with Crippen LogP contribution in [0, 0.1) is 3.57 Å². The highest BCUT2D eigenvalue weighted by molar-refractivity contribution is 14.1. The molecule has 0 bridgehead atoms. The van der Waals surface area contributed by atoms with Crippen LogP contribution >= 0.6 is 22.6 Å². The highest BCUT2D eigenvalue weighted by Gasteiger charge is 2.15. The fourth-order valence-corrected chi connectivity index (χ4v) is 2.19. The first-order chi connectivity index (χ1) is 7.42. The lowest BCUT2D eigenvalue weighted by Crippen LogP contribution is -2.21. The molecule has 90 valence electrons. The average Bonchev–Trinajstić information content (AvgIpc) is 2.20. The van der Waals surface area contributed by atoms with Gasteiger partial charge in [0.05, 0.1) is 11.0 Å². The van der Waals surface area contributed by atoms with E-state index >= 15 is 0 Å². The first-order valence-corrected chi connectivity index (χ1v) is 7.81. The molecular weight excluding hydrogens is 339 g/mol. The van der Waals surface area contributed by atoms with E-state index in [1.165, 1.54) is 0 Å². The fraction of sp³-hybridized carbons (Fsp3) is 0.455. The van der Waals surface area contributed by atoms with Crippen LogP contribution in [0.3, 0.4) is 0 Å². The molecule has 0 saturated carbocycles. The maximum atomic E-state index is 11.5. The zero-order chi connectivity index (χ0) is 12.2. The van der Waals surface area contributed by atoms with Crippen molar-refractivity contribution in [1.82, 2.24) is 0 Å². The molecule has 0 aliphatic rings. The molecule has 1 aromatic carbocycles. The van der Waals surface area contributed by atoms with Gasteiger partial charge in [-0.15, -0.1) is 0 Å². The Morgan fingerprint density at radius 1 is 1.25 bits per heavy atom. The van der Waals surface area contributed by atoms with Gasteiger partial charge in [-0.2, -0.15) is 0 Å². The second-order valence-electron chi connectivity index (χ2n) is 3.72. The zero-order valence-electron chi connectivity index (χ0n) is 9.31. The summed E-state index contributed by atoms with van der Waals surface area (Å²) in [5.41, 5.74) is 0. The molecule has 0 spiro atoms. The maximum absolute atomic E-state index is 11.5. The van der Waals surface area contributed by atoms with Crippen LogP contribution in [0.25, 0.3) is 0 Å². The molecule has 0 atom stereocenters. The van der Waals surface area contributed by atoms with Crippen molar-refractivity contribution in [1.29, 1.82) is 0 Å². The molecule has 0 heterocycles. The van der Waals surface area contributed by atoms with E-state index in [-0.39, 0.29) is 17.6 Å². The molecular formula is C11H15IO3S. The van der Waals surface area contributed by atoms with Gasteiger partial charge in [-0.25, -0.2) is 8.42 Å². The van der Waals surface area contributed by atoms with Gasteiger partial charge in [0.1, 0.15) is 12.4 Å². The van der Waals surface area contributed by atoms with Gasteiger partial charge < -0.3 is 4.74 Å². The van der Waals surface area contributed by atoms with Crippen molar-refractivity contribution in [3.8, 4) is 5.75 Å². The van der Waals surface area contributed by atoms with Crippen LogP contribution < -0.4 is 4.74 Å². The van der Waals surface area contributed by atoms with Crippen LogP contribution in [0.1, 0.15) is 13.8 Å². The van der Waals surface area contributed by atoms with Gasteiger partial charge in [0.25, 0.3) is 0 Å². The minimum absolute atomic E-state index is 0.0661. The number of hydrogen-bond acceptors (Lipinski definition) is 3. The molecule has 1 aromatic rings. The summed E-state index contributed by atoms with van der Waals surface area (Å²) in [6, 6.07) is 7.52. The minimum atomic E-state index is -3.00. The first kappa shape index (κ1) is 13.8. The number of sulfone groups is 1. The van der Waals surface area contributed by atoms with Crippen molar-refractivity contribution in [2.24, 2.45) is 0 Å². The van der Waals surface area contributed by atoms with E-state index in [1.54, 1.807) is 13.8 Å². The van der Waals surface area contributed by atoms with E-state index in [0.717, 1.165) is 3.57 Å². The predicted octanol–water partition coefficient (Wildman–Crippen LogP) is 2.49. The lowest BCUT2D eigenvalue weighted by atomic mass is 10.3. The van der Waals surface area contributed by atoms with E-state index in [0.29, 0.717) is 5.75 Å². The molecule has 0 amide bonds. The third-order valence-electron chi connectivity index (χ3n) is 2.17. The standard InChI is InChI=1S/C11H15IO3S/c1-9(2)16(13,14)8-7-15-11-5-3-10(12)4-6-11/h3-6,9H,7-8H2,1-2H3. The highest BCUT2D eigenvalue weighted by atomic mass is 127. The monoisotopic (exact) mass is 354 g/mol. The molecule has 0 saturated heterocycles. The molecule has 0 fully saturated rings. The van der Waals surface area contributed by atoms with Crippen LogP contribution in [-0.4, -0.2) is 26.0 Å². The van der Waals surface area contributed by atoms with Crippen molar-refractivity contribution < 1.29 is 13.2 Å². The van der Waals surface area contributed by atoms with Gasteiger partial charge >= 0.3 is 0 Å². The topological polar surface area (TPSA) is 43.4 Å². The minimum Gasteiger partial charge on any atom is -0.493 e. The van der Waals surface area contributed by atoms with Crippen molar-refractivity contribution >= 4 is 32.4 Å². The third kappa shape index (κ3) is 4.29. The molecule has 5 heteroatoms. The molecule has 3 nitrogen and oxygen atoms in total. The zero-order valence-corrected chi connectivity index (χ0v) is 12.3. The number of halogens is 1. The summed E-state index contributed by atoms with van der Waals surface area (Å²) in [4.78, 5) is 0. The Bertz CT molecular complexity index is 423. The highest BCUT2D eigenvalue weighted by Crippen LogP contribution is 2.13. The number of hydrogen-bond donors (Lipinski definition) is 0. The molecule has 0 N–H and O–H groups in total. The summed E-state index contributed by atoms with van der Waals surface area (Å²) in [7, 11) is -3.00. The molecule has 16 heavy (non-hydrogen) atoms. The largest absolute Gasteiger partial charge is 0.493 e. The second kappa shape index (κ2) is 5.86. The normalized spacial score (nSPS) is 11.8. The Morgan fingerprint density at radius 3 is 2.31 bits per heavy atom. The van der Waals surface area contributed by atoms with Crippen LogP contribution in [0.5, 0.6) is 5.75 Å². The van der Waals surface area contributed by atoms with Crippen LogP contribution in [-0.2, 0) is 9.84 Å². The lowest BCUT2D eigenvalue weighted by Gasteiger charge is -2.09. The molecule has 0 unspecified atom stereocenters. The molecule has 0 aliphatic carbocycles. The number of rotatable bonds is 5. The summed E-state index contributed by atoms with van der Waals surface area (Å²) < 4.78 is 29.5. The lowest BCUT2D eigenvalue weighted by molar-refractivity contribution is 0.340. The van der Waals surface area contributed by atoms with Gasteiger partial charge in [-0.05, 0) is 60.7 Å². The molecule has 0 radical (unpaired) electrons. The predicted molar refractivity (Wildman–Crippen MR) is 73.6 cm³/mol. The van der Waals surface area contributed by atoms with Gasteiger partial charge in [-0.1, -0.05) is 0 Å². The Morgan fingerprint density at radius 2 is 1.81 bits per heavy atom. The van der Waals surface area contributed by atoms with E-state index in [9.17, 15) is 8.42 Å². The molecule has 1 rings (SSSR count). The number of benzene rings is 1. The summed E-state index contributed by atoms with van der Waals surface area (Å²) in [5, 5.41) is -0.340. The van der Waals surface area contributed by atoms with Crippen molar-refractivity contribution in [3.05, 3.63) is 27.8 Å². The van der Waals surface area contributed by atoms with Crippen molar-refractivity contribution in [2.45, 2.75) is 19.1 Å². The third-order valence-corrected chi connectivity index (χ3v) is 5.06. The van der Waals surface area contributed by atoms with Crippen LogP contribution in [0.4, 0.5) is 0 Å². The van der Waals surface area contributed by atoms with E-state index in [4.69, 9.17) is 4.74 Å². The van der Waals surface area contributed by atoms with Crippen LogP contribution in [0.2, 0.25) is 0 Å². The fourth-order valence-electron chi connectivity index (χ4n) is 1.04. The van der Waals surface area contributed by atoms with Gasteiger partial charge in [-0.3, -0.25) is 0 Å². The van der Waals surface area contributed by atoms with Gasteiger partial charge in [0, 0.05) is 3.57 Å². The van der Waals surface area contributed by atoms with E-state index < -0.39 is 9.84 Å². The van der Waals surface area contributed by atoms with E-state index in [2.05, 4.69) is 22.6 Å². The Labute approximate surface area is 110 Å². The van der Waals surface area contributed by atoms with Gasteiger partial charge in [0.2, 0.25) is 0 Å². The molecule has 0 aromatic heterocycles. The van der Waals surface area contributed by atoms with Crippen molar-refractivity contribution in [3.63, 3.8) is 0 Å². The van der Waals surface area contributed by atoms with Crippen molar-refractivity contribution in [2.75, 3.05) is 12.4 Å². The van der Waals surface area contributed by atoms with Crippen LogP contribution in [0.15, 0.2) is 24.3 Å². The summed E-state index contributed by atoms with van der Waals surface area (Å²) >= 11 is 2.20. The van der Waals surface area contributed by atoms with E-state index in [1.807, 2.05) is 24.3 Å². The number of ether oxygens (including phenoxy) is 1. The summed E-state index contributed by atoms with van der Waals surface area (Å²) in [6.07, 6.45) is 0. The second-order valence-corrected chi connectivity index (χ2v) is 7.64. The Kier molecular flexibility index (Phi) is 5.04. The summed E-state index contributed by atoms with van der Waals surface area (Å²) in [5.74, 6) is 0.774.